The lowest BCUT2D eigenvalue weighted by molar-refractivity contribution is -0.113. The average Bonchev–Trinajstić information content (AvgIpc) is 3.71. The molecule has 42 heavy (non-hydrogen) atoms. The van der Waals surface area contributed by atoms with Crippen LogP contribution in [0.1, 0.15) is 34.1 Å². The number of carbonyl (C=O) groups is 2. The smallest absolute Gasteiger partial charge is 0.341 e. The second-order valence-corrected chi connectivity index (χ2v) is 11.8. The molecule has 0 fully saturated rings. The highest BCUT2D eigenvalue weighted by Crippen LogP contribution is 2.40. The Morgan fingerprint density at radius 2 is 1.93 bits per heavy atom. The molecule has 0 spiro atoms. The SMILES string of the molecule is C=CCn1c(SCC(=O)Nc2sc3c(c2C(=O)OCC)CCC3)nnc1-c1cc(-c2ccccc2)nc2ccccc12. The van der Waals surface area contributed by atoms with Gasteiger partial charge in [0.25, 0.3) is 0 Å². The molecule has 0 saturated carbocycles. The zero-order valence-electron chi connectivity index (χ0n) is 23.1. The van der Waals surface area contributed by atoms with Gasteiger partial charge in [-0.1, -0.05) is 66.4 Å². The van der Waals surface area contributed by atoms with E-state index in [1.54, 1.807) is 13.0 Å². The molecule has 0 unspecified atom stereocenters. The van der Waals surface area contributed by atoms with E-state index in [0.29, 0.717) is 28.1 Å². The third-order valence-electron chi connectivity index (χ3n) is 7.04. The summed E-state index contributed by atoms with van der Waals surface area (Å²) in [5, 5.41) is 14.1. The van der Waals surface area contributed by atoms with Gasteiger partial charge < -0.3 is 10.1 Å². The highest BCUT2D eigenvalue weighted by atomic mass is 32.2. The van der Waals surface area contributed by atoms with Crippen LogP contribution in [0.25, 0.3) is 33.5 Å². The van der Waals surface area contributed by atoms with Crippen molar-refractivity contribution in [1.29, 1.82) is 0 Å². The van der Waals surface area contributed by atoms with Crippen molar-refractivity contribution in [2.24, 2.45) is 0 Å². The summed E-state index contributed by atoms with van der Waals surface area (Å²) in [5.74, 6) is 0.176. The minimum Gasteiger partial charge on any atom is -0.462 e. The summed E-state index contributed by atoms with van der Waals surface area (Å²) in [5.41, 5.74) is 5.12. The predicted molar refractivity (Wildman–Crippen MR) is 168 cm³/mol. The zero-order valence-corrected chi connectivity index (χ0v) is 24.8. The second kappa shape index (κ2) is 12.3. The fourth-order valence-electron chi connectivity index (χ4n) is 5.21. The number of ether oxygens (including phenoxy) is 1. The Morgan fingerprint density at radius 3 is 2.74 bits per heavy atom. The van der Waals surface area contributed by atoms with E-state index in [4.69, 9.17) is 9.72 Å². The first kappa shape index (κ1) is 27.9. The van der Waals surface area contributed by atoms with Crippen LogP contribution in [0.4, 0.5) is 5.00 Å². The summed E-state index contributed by atoms with van der Waals surface area (Å²) in [6.45, 7) is 6.47. The number of hydrogen-bond acceptors (Lipinski definition) is 8. The molecule has 6 rings (SSSR count). The zero-order chi connectivity index (χ0) is 29.1. The summed E-state index contributed by atoms with van der Waals surface area (Å²) >= 11 is 2.77. The largest absolute Gasteiger partial charge is 0.462 e. The number of anilines is 1. The molecule has 3 heterocycles. The van der Waals surface area contributed by atoms with E-state index >= 15 is 0 Å². The number of amides is 1. The molecule has 212 valence electrons. The number of para-hydroxylation sites is 1. The van der Waals surface area contributed by atoms with Gasteiger partial charge >= 0.3 is 5.97 Å². The highest BCUT2D eigenvalue weighted by molar-refractivity contribution is 7.99. The van der Waals surface area contributed by atoms with Crippen LogP contribution in [0.5, 0.6) is 0 Å². The van der Waals surface area contributed by atoms with Crippen molar-refractivity contribution in [1.82, 2.24) is 19.7 Å². The lowest BCUT2D eigenvalue weighted by Gasteiger charge is -2.12. The van der Waals surface area contributed by atoms with Crippen LogP contribution in [-0.4, -0.2) is 44.0 Å². The van der Waals surface area contributed by atoms with Gasteiger partial charge in [-0.15, -0.1) is 28.1 Å². The number of hydrogen-bond donors (Lipinski definition) is 1. The monoisotopic (exact) mass is 595 g/mol. The van der Waals surface area contributed by atoms with Crippen LogP contribution in [0.15, 0.2) is 78.5 Å². The number of rotatable bonds is 10. The Balaban J connectivity index is 1.28. The number of aromatic nitrogens is 4. The lowest BCUT2D eigenvalue weighted by Crippen LogP contribution is -2.17. The maximum Gasteiger partial charge on any atom is 0.341 e. The number of pyridine rings is 1. The standard InChI is InChI=1S/C32H29N5O3S2/c1-3-17-37-29(23-18-25(20-11-6-5-7-12-20)33-24-15-9-8-13-21(23)24)35-36-32(37)41-19-27(38)34-30-28(31(39)40-4-2)22-14-10-16-26(22)42-30/h3,5-9,11-13,15,18H,1,4,10,14,16-17,19H2,2H3,(H,34,38). The summed E-state index contributed by atoms with van der Waals surface area (Å²) in [6, 6.07) is 20.0. The molecular weight excluding hydrogens is 567 g/mol. The van der Waals surface area contributed by atoms with Crippen LogP contribution < -0.4 is 5.32 Å². The quantitative estimate of drug-likeness (QED) is 0.108. The fourth-order valence-corrected chi connectivity index (χ4v) is 7.25. The van der Waals surface area contributed by atoms with E-state index in [1.807, 2.05) is 65.2 Å². The normalized spacial score (nSPS) is 12.3. The molecule has 0 bridgehead atoms. The first-order chi connectivity index (χ1) is 20.6. The van der Waals surface area contributed by atoms with Crippen molar-refractivity contribution in [3.05, 3.63) is 89.3 Å². The molecule has 0 aliphatic heterocycles. The van der Waals surface area contributed by atoms with Crippen molar-refractivity contribution in [2.75, 3.05) is 17.7 Å². The lowest BCUT2D eigenvalue weighted by atomic mass is 10.0. The third-order valence-corrected chi connectivity index (χ3v) is 9.22. The number of esters is 1. The number of allylic oxidation sites excluding steroid dienone is 1. The number of benzene rings is 2. The number of thioether (sulfide) groups is 1. The van der Waals surface area contributed by atoms with E-state index in [1.165, 1.54) is 23.1 Å². The van der Waals surface area contributed by atoms with Crippen LogP contribution in [0.2, 0.25) is 0 Å². The van der Waals surface area contributed by atoms with E-state index < -0.39 is 0 Å². The van der Waals surface area contributed by atoms with E-state index in [0.717, 1.165) is 57.4 Å². The van der Waals surface area contributed by atoms with Crippen molar-refractivity contribution < 1.29 is 14.3 Å². The van der Waals surface area contributed by atoms with E-state index in [9.17, 15) is 9.59 Å². The molecule has 1 N–H and O–H groups in total. The van der Waals surface area contributed by atoms with Gasteiger partial charge in [0.15, 0.2) is 11.0 Å². The second-order valence-electron chi connectivity index (χ2n) is 9.76. The van der Waals surface area contributed by atoms with Gasteiger partial charge in [0.05, 0.1) is 29.1 Å². The van der Waals surface area contributed by atoms with Gasteiger partial charge in [-0.25, -0.2) is 9.78 Å². The van der Waals surface area contributed by atoms with Gasteiger partial charge in [-0.3, -0.25) is 9.36 Å². The summed E-state index contributed by atoms with van der Waals surface area (Å²) in [7, 11) is 0. The van der Waals surface area contributed by atoms with Crippen LogP contribution in [-0.2, 0) is 28.9 Å². The molecule has 2 aromatic carbocycles. The number of aryl methyl sites for hydroxylation is 1. The third kappa shape index (κ3) is 5.47. The molecular formula is C32H29N5O3S2. The molecule has 3 aromatic heterocycles. The molecule has 1 amide bonds. The minimum absolute atomic E-state index is 0.104. The van der Waals surface area contributed by atoms with Gasteiger partial charge in [0.2, 0.25) is 5.91 Å². The van der Waals surface area contributed by atoms with E-state index in [-0.39, 0.29) is 24.2 Å². The molecule has 0 radical (unpaired) electrons. The minimum atomic E-state index is -0.380. The molecule has 0 saturated heterocycles. The van der Waals surface area contributed by atoms with Crippen molar-refractivity contribution >= 4 is 50.9 Å². The van der Waals surface area contributed by atoms with Crippen LogP contribution in [0, 0.1) is 0 Å². The van der Waals surface area contributed by atoms with Gasteiger partial charge in [-0.05, 0) is 43.9 Å². The van der Waals surface area contributed by atoms with Gasteiger partial charge in [0, 0.05) is 27.9 Å². The average molecular weight is 596 g/mol. The Hall–Kier alpha value is -4.28. The molecule has 0 atom stereocenters. The Kier molecular flexibility index (Phi) is 8.16. The number of thiophene rings is 1. The molecule has 5 aromatic rings. The highest BCUT2D eigenvalue weighted by Gasteiger charge is 2.28. The van der Waals surface area contributed by atoms with Crippen molar-refractivity contribution in [2.45, 2.75) is 37.9 Å². The summed E-state index contributed by atoms with van der Waals surface area (Å²) in [4.78, 5) is 31.8. The van der Waals surface area contributed by atoms with Crippen LogP contribution in [0.3, 0.4) is 0 Å². The maximum absolute atomic E-state index is 13.1. The fraction of sp³-hybridized carbons (Fsp3) is 0.219. The van der Waals surface area contributed by atoms with Gasteiger partial charge in [0.1, 0.15) is 5.00 Å². The van der Waals surface area contributed by atoms with Crippen LogP contribution >= 0.6 is 23.1 Å². The first-order valence-electron chi connectivity index (χ1n) is 13.8. The first-order valence-corrected chi connectivity index (χ1v) is 15.6. The molecule has 10 heteroatoms. The number of nitrogens with zero attached hydrogens (tertiary/aromatic N) is 4. The topological polar surface area (TPSA) is 99.0 Å². The number of fused-ring (bicyclic) bond motifs is 2. The molecule has 1 aliphatic carbocycles. The maximum atomic E-state index is 13.1. The van der Waals surface area contributed by atoms with Gasteiger partial charge in [-0.2, -0.15) is 0 Å². The number of carbonyl (C=O) groups excluding carboxylic acids is 2. The molecule has 1 aliphatic rings. The summed E-state index contributed by atoms with van der Waals surface area (Å²) in [6.07, 6.45) is 4.55. The predicted octanol–water partition coefficient (Wildman–Crippen LogP) is 6.80. The van der Waals surface area contributed by atoms with Crippen molar-refractivity contribution in [3.63, 3.8) is 0 Å². The van der Waals surface area contributed by atoms with E-state index in [2.05, 4.69) is 22.1 Å². The summed E-state index contributed by atoms with van der Waals surface area (Å²) < 4.78 is 7.26. The molecule has 8 nitrogen and oxygen atoms in total. The Labute approximate surface area is 251 Å². The Bertz CT molecular complexity index is 1800. The Morgan fingerprint density at radius 1 is 1.12 bits per heavy atom. The number of nitrogens with one attached hydrogen (secondary N) is 1. The van der Waals surface area contributed by atoms with Crippen molar-refractivity contribution in [3.8, 4) is 22.6 Å².